The van der Waals surface area contributed by atoms with Gasteiger partial charge in [-0.2, -0.15) is 0 Å². The molecule has 0 aliphatic heterocycles. The van der Waals surface area contributed by atoms with Crippen molar-refractivity contribution in [2.24, 2.45) is 0 Å². The molecular formula is C18H17FN4O2. The van der Waals surface area contributed by atoms with Gasteiger partial charge >= 0.3 is 0 Å². The number of ether oxygens (including phenoxy) is 2. The Hall–Kier alpha value is -3.35. The number of para-hydroxylation sites is 1. The molecule has 7 heteroatoms. The number of nitrogen functional groups attached to an aromatic ring is 2. The highest BCUT2D eigenvalue weighted by Gasteiger charge is 2.16. The van der Waals surface area contributed by atoms with E-state index in [1.54, 1.807) is 30.3 Å². The van der Waals surface area contributed by atoms with E-state index in [-0.39, 0.29) is 5.75 Å². The van der Waals surface area contributed by atoms with Crippen molar-refractivity contribution in [2.75, 3.05) is 25.7 Å². The summed E-state index contributed by atoms with van der Waals surface area (Å²) in [5, 5.41) is 0. The van der Waals surface area contributed by atoms with Crippen molar-refractivity contribution in [1.82, 2.24) is 9.97 Å². The van der Waals surface area contributed by atoms with Gasteiger partial charge in [0.15, 0.2) is 11.6 Å². The SMILES string of the molecule is COc1ccc(N)c(-c2cc(-c3cccc(F)c3OC)ncn2)c1N. The van der Waals surface area contributed by atoms with Gasteiger partial charge in [0.25, 0.3) is 0 Å². The molecule has 0 radical (unpaired) electrons. The standard InChI is InChI=1S/C18H17FN4O2/c1-24-15-7-6-12(20)16(17(15)21)14-8-13(22-9-23-14)10-4-3-5-11(19)18(10)25-2/h3-9H,20-21H2,1-2H3. The molecule has 0 unspecified atom stereocenters. The summed E-state index contributed by atoms with van der Waals surface area (Å²) in [5.41, 5.74) is 15.1. The molecule has 4 N–H and O–H groups in total. The quantitative estimate of drug-likeness (QED) is 0.708. The van der Waals surface area contributed by atoms with E-state index in [0.717, 1.165) is 0 Å². The van der Waals surface area contributed by atoms with Crippen LogP contribution in [0.3, 0.4) is 0 Å². The number of hydrogen-bond donors (Lipinski definition) is 2. The topological polar surface area (TPSA) is 96.3 Å². The fraction of sp³-hybridized carbons (Fsp3) is 0.111. The predicted molar refractivity (Wildman–Crippen MR) is 94.8 cm³/mol. The van der Waals surface area contributed by atoms with Crippen molar-refractivity contribution in [2.45, 2.75) is 0 Å². The Morgan fingerprint density at radius 1 is 0.960 bits per heavy atom. The Bertz CT molecular complexity index is 931. The van der Waals surface area contributed by atoms with Crippen molar-refractivity contribution in [3.05, 3.63) is 48.5 Å². The second kappa shape index (κ2) is 6.64. The molecule has 6 nitrogen and oxygen atoms in total. The first-order chi connectivity index (χ1) is 12.1. The van der Waals surface area contributed by atoms with Crippen LogP contribution in [0.5, 0.6) is 11.5 Å². The first-order valence-electron chi connectivity index (χ1n) is 7.44. The van der Waals surface area contributed by atoms with Crippen molar-refractivity contribution >= 4 is 11.4 Å². The van der Waals surface area contributed by atoms with Crippen LogP contribution in [0.25, 0.3) is 22.5 Å². The second-order valence-corrected chi connectivity index (χ2v) is 5.25. The highest BCUT2D eigenvalue weighted by atomic mass is 19.1. The molecular weight excluding hydrogens is 323 g/mol. The predicted octanol–water partition coefficient (Wildman–Crippen LogP) is 3.13. The van der Waals surface area contributed by atoms with Gasteiger partial charge in [0.2, 0.25) is 0 Å². The second-order valence-electron chi connectivity index (χ2n) is 5.25. The summed E-state index contributed by atoms with van der Waals surface area (Å²) in [5.74, 6) is 0.131. The number of halogens is 1. The van der Waals surface area contributed by atoms with Gasteiger partial charge in [0.05, 0.1) is 36.9 Å². The zero-order chi connectivity index (χ0) is 18.0. The third-order valence-electron chi connectivity index (χ3n) is 3.83. The van der Waals surface area contributed by atoms with Gasteiger partial charge in [-0.1, -0.05) is 6.07 Å². The van der Waals surface area contributed by atoms with Crippen molar-refractivity contribution in [3.63, 3.8) is 0 Å². The zero-order valence-electron chi connectivity index (χ0n) is 13.8. The van der Waals surface area contributed by atoms with Gasteiger partial charge in [0, 0.05) is 11.3 Å². The van der Waals surface area contributed by atoms with E-state index in [1.807, 2.05) is 0 Å². The third-order valence-corrected chi connectivity index (χ3v) is 3.83. The monoisotopic (exact) mass is 340 g/mol. The maximum absolute atomic E-state index is 14.0. The van der Waals surface area contributed by atoms with E-state index in [9.17, 15) is 4.39 Å². The maximum Gasteiger partial charge on any atom is 0.165 e. The van der Waals surface area contributed by atoms with Crippen LogP contribution in [-0.2, 0) is 0 Å². The van der Waals surface area contributed by atoms with Crippen LogP contribution < -0.4 is 20.9 Å². The summed E-state index contributed by atoms with van der Waals surface area (Å²) >= 11 is 0. The van der Waals surface area contributed by atoms with Gasteiger partial charge in [-0.15, -0.1) is 0 Å². The van der Waals surface area contributed by atoms with Gasteiger partial charge in [-0.3, -0.25) is 0 Å². The van der Waals surface area contributed by atoms with Crippen LogP contribution in [0.2, 0.25) is 0 Å². The molecule has 0 saturated heterocycles. The molecule has 0 bridgehead atoms. The van der Waals surface area contributed by atoms with Crippen molar-refractivity contribution < 1.29 is 13.9 Å². The van der Waals surface area contributed by atoms with Gasteiger partial charge in [-0.25, -0.2) is 14.4 Å². The maximum atomic E-state index is 14.0. The number of anilines is 2. The number of benzene rings is 2. The first-order valence-corrected chi connectivity index (χ1v) is 7.44. The average Bonchev–Trinajstić information content (AvgIpc) is 2.62. The van der Waals surface area contributed by atoms with E-state index in [4.69, 9.17) is 20.9 Å². The van der Waals surface area contributed by atoms with Gasteiger partial charge in [0.1, 0.15) is 12.1 Å². The molecule has 0 fully saturated rings. The molecule has 128 valence electrons. The Kier molecular flexibility index (Phi) is 4.38. The molecule has 0 aliphatic rings. The molecule has 0 atom stereocenters. The fourth-order valence-corrected chi connectivity index (χ4v) is 2.64. The van der Waals surface area contributed by atoms with Crippen LogP contribution in [-0.4, -0.2) is 24.2 Å². The Morgan fingerprint density at radius 2 is 1.72 bits per heavy atom. The van der Waals surface area contributed by atoms with E-state index in [1.165, 1.54) is 26.6 Å². The van der Waals surface area contributed by atoms with Crippen molar-refractivity contribution in [1.29, 1.82) is 0 Å². The molecule has 1 heterocycles. The Balaban J connectivity index is 2.18. The van der Waals surface area contributed by atoms with E-state index in [0.29, 0.717) is 39.6 Å². The van der Waals surface area contributed by atoms with Crippen LogP contribution in [0.15, 0.2) is 42.7 Å². The summed E-state index contributed by atoms with van der Waals surface area (Å²) in [6.45, 7) is 0. The summed E-state index contributed by atoms with van der Waals surface area (Å²) < 4.78 is 24.4. The van der Waals surface area contributed by atoms with Crippen LogP contribution in [0.4, 0.5) is 15.8 Å². The van der Waals surface area contributed by atoms with Crippen LogP contribution in [0.1, 0.15) is 0 Å². The lowest BCUT2D eigenvalue weighted by atomic mass is 10.0. The summed E-state index contributed by atoms with van der Waals surface area (Å²) in [6, 6.07) is 9.68. The van der Waals surface area contributed by atoms with Crippen LogP contribution >= 0.6 is 0 Å². The number of aromatic nitrogens is 2. The minimum atomic E-state index is -0.472. The van der Waals surface area contributed by atoms with E-state index >= 15 is 0 Å². The third kappa shape index (κ3) is 2.91. The minimum Gasteiger partial charge on any atom is -0.495 e. The zero-order valence-corrected chi connectivity index (χ0v) is 13.8. The minimum absolute atomic E-state index is 0.110. The lowest BCUT2D eigenvalue weighted by molar-refractivity contribution is 0.388. The van der Waals surface area contributed by atoms with Crippen molar-refractivity contribution in [3.8, 4) is 34.0 Å². The molecule has 1 aromatic heterocycles. The largest absolute Gasteiger partial charge is 0.495 e. The molecule has 25 heavy (non-hydrogen) atoms. The van der Waals surface area contributed by atoms with E-state index < -0.39 is 5.82 Å². The Labute approximate surface area is 144 Å². The molecule has 0 aliphatic carbocycles. The van der Waals surface area contributed by atoms with E-state index in [2.05, 4.69) is 9.97 Å². The number of nitrogens with two attached hydrogens (primary N) is 2. The number of methoxy groups -OCH3 is 2. The lowest BCUT2D eigenvalue weighted by Gasteiger charge is -2.14. The fourth-order valence-electron chi connectivity index (χ4n) is 2.64. The summed E-state index contributed by atoms with van der Waals surface area (Å²) in [6.07, 6.45) is 1.37. The smallest absolute Gasteiger partial charge is 0.165 e. The highest BCUT2D eigenvalue weighted by Crippen LogP contribution is 2.39. The number of rotatable bonds is 4. The molecule has 0 saturated carbocycles. The molecule has 0 amide bonds. The van der Waals surface area contributed by atoms with Gasteiger partial charge < -0.3 is 20.9 Å². The highest BCUT2D eigenvalue weighted by molar-refractivity contribution is 5.89. The average molecular weight is 340 g/mol. The number of nitrogens with zero attached hydrogens (tertiary/aromatic N) is 2. The normalized spacial score (nSPS) is 10.5. The number of hydrogen-bond acceptors (Lipinski definition) is 6. The molecule has 3 rings (SSSR count). The van der Waals surface area contributed by atoms with Gasteiger partial charge in [-0.05, 0) is 30.3 Å². The molecule has 2 aromatic carbocycles. The lowest BCUT2D eigenvalue weighted by Crippen LogP contribution is -2.01. The summed E-state index contributed by atoms with van der Waals surface area (Å²) in [7, 11) is 2.93. The first kappa shape index (κ1) is 16.5. The summed E-state index contributed by atoms with van der Waals surface area (Å²) in [4.78, 5) is 8.47. The van der Waals surface area contributed by atoms with Crippen LogP contribution in [0, 0.1) is 5.82 Å². The molecule has 3 aromatic rings. The Morgan fingerprint density at radius 3 is 2.44 bits per heavy atom. The molecule has 0 spiro atoms.